The summed E-state index contributed by atoms with van der Waals surface area (Å²) in [5.41, 5.74) is 4.90. The molecule has 0 bridgehead atoms. The lowest BCUT2D eigenvalue weighted by Gasteiger charge is -2.03. The number of carbonyl (C=O) groups excluding carboxylic acids is 1. The molecule has 86 valence electrons. The number of aromatic nitrogens is 1. The zero-order valence-corrected chi connectivity index (χ0v) is 9.97. The first kappa shape index (κ1) is 9.66. The molecule has 18 heavy (non-hydrogen) atoms. The first-order chi connectivity index (χ1) is 8.79. The van der Waals surface area contributed by atoms with Crippen LogP contribution < -0.4 is 0 Å². The number of hydrogen-bond acceptors (Lipinski definition) is 1. The molecule has 0 fully saturated rings. The predicted octanol–water partition coefficient (Wildman–Crippen LogP) is 3.39. The number of carbonyl (C=O) groups is 1. The van der Waals surface area contributed by atoms with Gasteiger partial charge in [0.2, 0.25) is 0 Å². The minimum atomic E-state index is 0.150. The molecule has 1 aliphatic rings. The van der Waals surface area contributed by atoms with Crippen molar-refractivity contribution in [2.45, 2.75) is 0 Å². The highest BCUT2D eigenvalue weighted by molar-refractivity contribution is 6.27. The van der Waals surface area contributed by atoms with E-state index in [-0.39, 0.29) is 5.78 Å². The third-order valence-electron chi connectivity index (χ3n) is 3.76. The number of benzene rings is 2. The fourth-order valence-corrected chi connectivity index (χ4v) is 2.96. The van der Waals surface area contributed by atoms with E-state index in [0.29, 0.717) is 0 Å². The Balaban J connectivity index is 2.24. The third kappa shape index (κ3) is 0.962. The van der Waals surface area contributed by atoms with Gasteiger partial charge in [0, 0.05) is 29.1 Å². The van der Waals surface area contributed by atoms with Crippen LogP contribution >= 0.6 is 0 Å². The second-order valence-electron chi connectivity index (χ2n) is 4.67. The Hall–Kier alpha value is -2.35. The van der Waals surface area contributed by atoms with Gasteiger partial charge in [-0.2, -0.15) is 0 Å². The fraction of sp³-hybridized carbons (Fsp3) is 0.0625. The van der Waals surface area contributed by atoms with E-state index in [9.17, 15) is 4.79 Å². The van der Waals surface area contributed by atoms with Gasteiger partial charge in [-0.3, -0.25) is 4.79 Å². The van der Waals surface area contributed by atoms with Crippen LogP contribution in [0.3, 0.4) is 0 Å². The topological polar surface area (TPSA) is 22.0 Å². The number of hydrogen-bond donors (Lipinski definition) is 0. The van der Waals surface area contributed by atoms with Crippen molar-refractivity contribution in [1.82, 2.24) is 4.57 Å². The van der Waals surface area contributed by atoms with Crippen molar-refractivity contribution in [2.24, 2.45) is 7.05 Å². The van der Waals surface area contributed by atoms with Crippen LogP contribution in [-0.2, 0) is 7.05 Å². The molecule has 0 N–H and O–H groups in total. The molecule has 1 heterocycles. The van der Waals surface area contributed by atoms with Crippen LogP contribution in [0.2, 0.25) is 0 Å². The maximum absolute atomic E-state index is 12.5. The van der Waals surface area contributed by atoms with Gasteiger partial charge in [0.1, 0.15) is 0 Å². The molecule has 1 aliphatic carbocycles. The van der Waals surface area contributed by atoms with Gasteiger partial charge < -0.3 is 4.57 Å². The van der Waals surface area contributed by atoms with E-state index >= 15 is 0 Å². The highest BCUT2D eigenvalue weighted by atomic mass is 16.1. The minimum absolute atomic E-state index is 0.150. The molecule has 0 unspecified atom stereocenters. The van der Waals surface area contributed by atoms with Gasteiger partial charge in [-0.15, -0.1) is 0 Å². The normalized spacial score (nSPS) is 12.8. The molecule has 0 radical (unpaired) electrons. The van der Waals surface area contributed by atoms with Crippen LogP contribution in [0.1, 0.15) is 15.9 Å². The zero-order chi connectivity index (χ0) is 12.3. The highest BCUT2D eigenvalue weighted by Crippen LogP contribution is 2.41. The Bertz CT molecular complexity index is 811. The summed E-state index contributed by atoms with van der Waals surface area (Å²) in [6.07, 6.45) is 0. The van der Waals surface area contributed by atoms with Crippen LogP contribution in [0.5, 0.6) is 0 Å². The van der Waals surface area contributed by atoms with Crippen molar-refractivity contribution in [1.29, 1.82) is 0 Å². The standard InChI is InChI=1S/C16H11NO/c1-17-13-9-5-4-8-12(13)14-15(17)10-6-2-3-7-11(10)16(14)18/h2-9H,1H3. The van der Waals surface area contributed by atoms with E-state index in [1.165, 1.54) is 0 Å². The van der Waals surface area contributed by atoms with E-state index in [2.05, 4.69) is 10.6 Å². The molecule has 4 rings (SSSR count). The fourth-order valence-electron chi connectivity index (χ4n) is 2.96. The number of ketones is 1. The van der Waals surface area contributed by atoms with Crippen molar-refractivity contribution in [3.63, 3.8) is 0 Å². The van der Waals surface area contributed by atoms with Crippen LogP contribution in [0.25, 0.3) is 22.2 Å². The van der Waals surface area contributed by atoms with E-state index < -0.39 is 0 Å². The van der Waals surface area contributed by atoms with Crippen LogP contribution in [0, 0.1) is 0 Å². The molecular formula is C16H11NO. The minimum Gasteiger partial charge on any atom is -0.343 e. The maximum Gasteiger partial charge on any atom is 0.196 e. The first-order valence-corrected chi connectivity index (χ1v) is 6.00. The molecule has 3 aromatic rings. The predicted molar refractivity (Wildman–Crippen MR) is 71.8 cm³/mol. The van der Waals surface area contributed by atoms with Crippen molar-refractivity contribution >= 4 is 16.7 Å². The van der Waals surface area contributed by atoms with Gasteiger partial charge in [-0.1, -0.05) is 42.5 Å². The van der Waals surface area contributed by atoms with Gasteiger partial charge in [0.15, 0.2) is 5.78 Å². The van der Waals surface area contributed by atoms with E-state index in [1.807, 2.05) is 49.5 Å². The smallest absolute Gasteiger partial charge is 0.196 e. The lowest BCUT2D eigenvalue weighted by Crippen LogP contribution is -1.94. The molecule has 2 aromatic carbocycles. The Morgan fingerprint density at radius 2 is 1.56 bits per heavy atom. The molecule has 0 atom stereocenters. The average Bonchev–Trinajstić information content (AvgIpc) is 2.87. The molecule has 0 amide bonds. The van der Waals surface area contributed by atoms with Crippen LogP contribution in [0.4, 0.5) is 0 Å². The Labute approximate surface area is 104 Å². The number of fused-ring (bicyclic) bond motifs is 5. The molecule has 0 saturated carbocycles. The van der Waals surface area contributed by atoms with Crippen LogP contribution in [0.15, 0.2) is 48.5 Å². The molecular weight excluding hydrogens is 222 g/mol. The maximum atomic E-state index is 12.5. The zero-order valence-electron chi connectivity index (χ0n) is 9.97. The molecule has 0 saturated heterocycles. The molecule has 0 spiro atoms. The third-order valence-corrected chi connectivity index (χ3v) is 3.76. The average molecular weight is 233 g/mol. The van der Waals surface area contributed by atoms with Crippen molar-refractivity contribution in [3.8, 4) is 11.3 Å². The quantitative estimate of drug-likeness (QED) is 0.456. The summed E-state index contributed by atoms with van der Waals surface area (Å²) in [5.74, 6) is 0.150. The monoisotopic (exact) mass is 233 g/mol. The Morgan fingerprint density at radius 3 is 2.39 bits per heavy atom. The summed E-state index contributed by atoms with van der Waals surface area (Å²) in [4.78, 5) is 12.5. The summed E-state index contributed by atoms with van der Waals surface area (Å²) in [6, 6.07) is 15.9. The van der Waals surface area contributed by atoms with Gasteiger partial charge in [-0.05, 0) is 6.07 Å². The van der Waals surface area contributed by atoms with Gasteiger partial charge in [-0.25, -0.2) is 0 Å². The number of nitrogens with zero attached hydrogens (tertiary/aromatic N) is 1. The van der Waals surface area contributed by atoms with Gasteiger partial charge in [0.25, 0.3) is 0 Å². The van der Waals surface area contributed by atoms with E-state index in [4.69, 9.17) is 0 Å². The van der Waals surface area contributed by atoms with E-state index in [1.54, 1.807) is 0 Å². The second-order valence-corrected chi connectivity index (χ2v) is 4.67. The molecule has 1 aromatic heterocycles. The summed E-state index contributed by atoms with van der Waals surface area (Å²) < 4.78 is 2.12. The largest absolute Gasteiger partial charge is 0.343 e. The Kier molecular flexibility index (Phi) is 1.67. The highest BCUT2D eigenvalue weighted by Gasteiger charge is 2.31. The van der Waals surface area contributed by atoms with Crippen molar-refractivity contribution < 1.29 is 4.79 Å². The molecule has 2 nitrogen and oxygen atoms in total. The lowest BCUT2D eigenvalue weighted by atomic mass is 10.1. The van der Waals surface area contributed by atoms with Crippen molar-refractivity contribution in [2.75, 3.05) is 0 Å². The summed E-state index contributed by atoms with van der Waals surface area (Å²) in [6.45, 7) is 0. The second kappa shape index (κ2) is 3.10. The van der Waals surface area contributed by atoms with Crippen LogP contribution in [-0.4, -0.2) is 10.4 Å². The summed E-state index contributed by atoms with van der Waals surface area (Å²) in [5, 5.41) is 1.05. The Morgan fingerprint density at radius 1 is 0.889 bits per heavy atom. The first-order valence-electron chi connectivity index (χ1n) is 6.00. The number of rotatable bonds is 0. The molecule has 0 aliphatic heterocycles. The summed E-state index contributed by atoms with van der Waals surface area (Å²) in [7, 11) is 2.02. The number of aryl methyl sites for hydroxylation is 1. The SMILES string of the molecule is Cn1c2c(c3ccccc31)C(=O)c1ccccc1-2. The lowest BCUT2D eigenvalue weighted by molar-refractivity contribution is 0.104. The van der Waals surface area contributed by atoms with Gasteiger partial charge in [0.05, 0.1) is 11.3 Å². The van der Waals surface area contributed by atoms with Crippen molar-refractivity contribution in [3.05, 3.63) is 59.7 Å². The number of para-hydroxylation sites is 1. The molecule has 2 heteroatoms. The van der Waals surface area contributed by atoms with Gasteiger partial charge >= 0.3 is 0 Å². The van der Waals surface area contributed by atoms with E-state index in [0.717, 1.165) is 33.3 Å². The summed E-state index contributed by atoms with van der Waals surface area (Å²) >= 11 is 0.